The van der Waals surface area contributed by atoms with Crippen LogP contribution < -0.4 is 4.74 Å². The molecule has 1 aliphatic heterocycles. The minimum absolute atomic E-state index is 0.0651. The summed E-state index contributed by atoms with van der Waals surface area (Å²) in [6.45, 7) is 1.64. The van der Waals surface area contributed by atoms with Gasteiger partial charge in [-0.2, -0.15) is 0 Å². The number of amides is 1. The first-order chi connectivity index (χ1) is 12.7. The second-order valence-electron chi connectivity index (χ2n) is 6.03. The molecule has 3 aromatic rings. The zero-order chi connectivity index (χ0) is 18.1. The van der Waals surface area contributed by atoms with Gasteiger partial charge in [-0.1, -0.05) is 23.7 Å². The van der Waals surface area contributed by atoms with Crippen molar-refractivity contribution in [3.63, 3.8) is 0 Å². The summed E-state index contributed by atoms with van der Waals surface area (Å²) < 4.78 is 7.36. The Balaban J connectivity index is 1.59. The van der Waals surface area contributed by atoms with Crippen molar-refractivity contribution in [1.29, 1.82) is 0 Å². The SMILES string of the molecule is COc1ccccc1C(=O)N1CCn2c(nnc2-c2ccc(Cl)cc2)C1. The van der Waals surface area contributed by atoms with Gasteiger partial charge in [-0.25, -0.2) is 0 Å². The van der Waals surface area contributed by atoms with Crippen LogP contribution in [0.15, 0.2) is 48.5 Å². The summed E-state index contributed by atoms with van der Waals surface area (Å²) >= 11 is 5.96. The van der Waals surface area contributed by atoms with Crippen LogP contribution in [0, 0.1) is 0 Å². The quantitative estimate of drug-likeness (QED) is 0.712. The average molecular weight is 369 g/mol. The van der Waals surface area contributed by atoms with Crippen molar-refractivity contribution in [2.24, 2.45) is 0 Å². The third kappa shape index (κ3) is 2.93. The van der Waals surface area contributed by atoms with Gasteiger partial charge in [0.05, 0.1) is 19.2 Å². The molecule has 2 heterocycles. The zero-order valence-electron chi connectivity index (χ0n) is 14.2. The van der Waals surface area contributed by atoms with E-state index < -0.39 is 0 Å². The third-order valence-corrected chi connectivity index (χ3v) is 4.73. The number of halogens is 1. The lowest BCUT2D eigenvalue weighted by molar-refractivity contribution is 0.0704. The summed E-state index contributed by atoms with van der Waals surface area (Å²) in [5.41, 5.74) is 1.51. The lowest BCUT2D eigenvalue weighted by Crippen LogP contribution is -2.38. The van der Waals surface area contributed by atoms with Crippen LogP contribution in [0.2, 0.25) is 5.02 Å². The van der Waals surface area contributed by atoms with E-state index in [1.807, 2.05) is 36.4 Å². The van der Waals surface area contributed by atoms with Crippen LogP contribution in [0.5, 0.6) is 5.75 Å². The number of aromatic nitrogens is 3. The van der Waals surface area contributed by atoms with E-state index in [-0.39, 0.29) is 5.91 Å². The average Bonchev–Trinajstić information content (AvgIpc) is 3.11. The second-order valence-corrected chi connectivity index (χ2v) is 6.46. The fourth-order valence-corrected chi connectivity index (χ4v) is 3.26. The first-order valence-electron chi connectivity index (χ1n) is 8.27. The van der Waals surface area contributed by atoms with Crippen molar-refractivity contribution in [3.8, 4) is 17.1 Å². The van der Waals surface area contributed by atoms with Gasteiger partial charge in [0.25, 0.3) is 5.91 Å². The number of methoxy groups -OCH3 is 1. The zero-order valence-corrected chi connectivity index (χ0v) is 15.0. The van der Waals surface area contributed by atoms with Gasteiger partial charge in [0.2, 0.25) is 0 Å². The van der Waals surface area contributed by atoms with Crippen LogP contribution in [0.4, 0.5) is 0 Å². The monoisotopic (exact) mass is 368 g/mol. The van der Waals surface area contributed by atoms with Gasteiger partial charge in [-0.15, -0.1) is 10.2 Å². The third-order valence-electron chi connectivity index (χ3n) is 4.48. The fraction of sp³-hybridized carbons (Fsp3) is 0.211. The molecule has 0 fully saturated rings. The summed E-state index contributed by atoms with van der Waals surface area (Å²) in [7, 11) is 1.57. The number of carbonyl (C=O) groups excluding carboxylic acids is 1. The molecule has 4 rings (SSSR count). The Bertz CT molecular complexity index is 952. The molecule has 1 aromatic heterocycles. The van der Waals surface area contributed by atoms with Crippen molar-refractivity contribution in [2.75, 3.05) is 13.7 Å². The van der Waals surface area contributed by atoms with Gasteiger partial charge in [0.15, 0.2) is 11.6 Å². The van der Waals surface area contributed by atoms with E-state index in [0.717, 1.165) is 17.2 Å². The molecule has 0 bridgehead atoms. The van der Waals surface area contributed by atoms with Gasteiger partial charge in [0.1, 0.15) is 5.75 Å². The smallest absolute Gasteiger partial charge is 0.258 e. The number of rotatable bonds is 3. The minimum atomic E-state index is -0.0651. The van der Waals surface area contributed by atoms with Gasteiger partial charge in [0, 0.05) is 23.7 Å². The van der Waals surface area contributed by atoms with Crippen molar-refractivity contribution in [3.05, 3.63) is 64.9 Å². The molecule has 0 N–H and O–H groups in total. The van der Waals surface area contributed by atoms with E-state index in [0.29, 0.717) is 36.0 Å². The Morgan fingerprint density at radius 1 is 1.08 bits per heavy atom. The predicted molar refractivity (Wildman–Crippen MR) is 98.2 cm³/mol. The van der Waals surface area contributed by atoms with Crippen LogP contribution in [-0.2, 0) is 13.1 Å². The van der Waals surface area contributed by atoms with E-state index >= 15 is 0 Å². The van der Waals surface area contributed by atoms with Gasteiger partial charge in [-0.3, -0.25) is 4.79 Å². The lowest BCUT2D eigenvalue weighted by atomic mass is 10.1. The van der Waals surface area contributed by atoms with E-state index in [4.69, 9.17) is 16.3 Å². The summed E-state index contributed by atoms with van der Waals surface area (Å²) in [4.78, 5) is 14.6. The Morgan fingerprint density at radius 2 is 1.85 bits per heavy atom. The highest BCUT2D eigenvalue weighted by Crippen LogP contribution is 2.25. The number of hydrogen-bond acceptors (Lipinski definition) is 4. The molecule has 0 aliphatic carbocycles. The molecule has 0 saturated heterocycles. The number of ether oxygens (including phenoxy) is 1. The number of fused-ring (bicyclic) bond motifs is 1. The minimum Gasteiger partial charge on any atom is -0.496 e. The van der Waals surface area contributed by atoms with Crippen LogP contribution in [-0.4, -0.2) is 39.2 Å². The highest BCUT2D eigenvalue weighted by molar-refractivity contribution is 6.30. The van der Waals surface area contributed by atoms with Crippen molar-refractivity contribution in [1.82, 2.24) is 19.7 Å². The predicted octanol–water partition coefficient (Wildman–Crippen LogP) is 3.26. The van der Waals surface area contributed by atoms with Crippen molar-refractivity contribution in [2.45, 2.75) is 13.1 Å². The normalized spacial score (nSPS) is 13.4. The van der Waals surface area contributed by atoms with E-state index in [9.17, 15) is 4.79 Å². The Kier molecular flexibility index (Phi) is 4.34. The Morgan fingerprint density at radius 3 is 2.62 bits per heavy atom. The van der Waals surface area contributed by atoms with E-state index in [1.165, 1.54) is 0 Å². The molecule has 0 radical (unpaired) electrons. The second kappa shape index (κ2) is 6.80. The molecule has 132 valence electrons. The molecule has 26 heavy (non-hydrogen) atoms. The highest BCUT2D eigenvalue weighted by Gasteiger charge is 2.27. The Hall–Kier alpha value is -2.86. The molecule has 7 heteroatoms. The van der Waals surface area contributed by atoms with E-state index in [1.54, 1.807) is 24.1 Å². The number of para-hydroxylation sites is 1. The fourth-order valence-electron chi connectivity index (χ4n) is 3.14. The highest BCUT2D eigenvalue weighted by atomic mass is 35.5. The summed E-state index contributed by atoms with van der Waals surface area (Å²) in [5, 5.41) is 9.27. The number of nitrogens with zero attached hydrogens (tertiary/aromatic N) is 4. The molecule has 0 spiro atoms. The largest absolute Gasteiger partial charge is 0.496 e. The van der Waals surface area contributed by atoms with E-state index in [2.05, 4.69) is 14.8 Å². The first-order valence-corrected chi connectivity index (χ1v) is 8.65. The first kappa shape index (κ1) is 16.6. The lowest BCUT2D eigenvalue weighted by Gasteiger charge is -2.28. The van der Waals surface area contributed by atoms with Crippen LogP contribution >= 0.6 is 11.6 Å². The molecule has 0 unspecified atom stereocenters. The Labute approximate surface area is 156 Å². The molecule has 1 amide bonds. The number of benzene rings is 2. The number of carbonyl (C=O) groups is 1. The summed E-state index contributed by atoms with van der Waals surface area (Å²) in [6.07, 6.45) is 0. The maximum absolute atomic E-state index is 12.9. The van der Waals surface area contributed by atoms with Crippen LogP contribution in [0.3, 0.4) is 0 Å². The van der Waals surface area contributed by atoms with Crippen LogP contribution in [0.25, 0.3) is 11.4 Å². The standard InChI is InChI=1S/C19H17ClN4O2/c1-26-16-5-3-2-4-15(16)19(25)23-10-11-24-17(12-23)21-22-18(24)13-6-8-14(20)9-7-13/h2-9H,10-12H2,1H3. The molecule has 0 saturated carbocycles. The topological polar surface area (TPSA) is 60.2 Å². The van der Waals surface area contributed by atoms with Gasteiger partial charge in [-0.05, 0) is 36.4 Å². The van der Waals surface area contributed by atoms with Crippen LogP contribution in [0.1, 0.15) is 16.2 Å². The molecule has 1 aliphatic rings. The molecule has 2 aromatic carbocycles. The van der Waals surface area contributed by atoms with Crippen molar-refractivity contribution >= 4 is 17.5 Å². The summed E-state index contributed by atoms with van der Waals surface area (Å²) in [6, 6.07) is 14.8. The molecular weight excluding hydrogens is 352 g/mol. The maximum Gasteiger partial charge on any atom is 0.258 e. The van der Waals surface area contributed by atoms with Gasteiger partial charge < -0.3 is 14.2 Å². The molecule has 6 nitrogen and oxygen atoms in total. The summed E-state index contributed by atoms with van der Waals surface area (Å²) in [5.74, 6) is 2.07. The molecule has 0 atom stereocenters. The number of hydrogen-bond donors (Lipinski definition) is 0. The van der Waals surface area contributed by atoms with Gasteiger partial charge >= 0.3 is 0 Å². The van der Waals surface area contributed by atoms with Crippen molar-refractivity contribution < 1.29 is 9.53 Å². The molecular formula is C19H17ClN4O2. The maximum atomic E-state index is 12.9.